The molecule has 4 aliphatic carbocycles. The van der Waals surface area contributed by atoms with E-state index in [4.69, 9.17) is 14.2 Å². The van der Waals surface area contributed by atoms with Gasteiger partial charge < -0.3 is 19.1 Å². The first kappa shape index (κ1) is 20.6. The fourth-order valence-corrected chi connectivity index (χ4v) is 6.11. The smallest absolute Gasteiger partial charge is 0.0708 e. The number of nitrogens with zero attached hydrogens (tertiary/aromatic N) is 1. The summed E-state index contributed by atoms with van der Waals surface area (Å²) in [6.45, 7) is 12.7. The second-order valence-corrected chi connectivity index (χ2v) is 9.63. The molecule has 0 saturated heterocycles. The molecule has 0 spiro atoms. The Morgan fingerprint density at radius 3 is 2.15 bits per heavy atom. The Bertz CT molecular complexity index is 425. The molecule has 0 aliphatic heterocycles. The molecule has 0 radical (unpaired) electrons. The molecule has 4 rings (SSSR count). The number of likely N-dealkylation sites (N-methyl/N-ethyl adjacent to an activating group) is 1. The van der Waals surface area contributed by atoms with Crippen molar-refractivity contribution < 1.29 is 14.2 Å². The van der Waals surface area contributed by atoms with Gasteiger partial charge in [0.25, 0.3) is 0 Å². The maximum atomic E-state index is 6.52. The second kappa shape index (κ2) is 8.89. The van der Waals surface area contributed by atoms with Crippen molar-refractivity contribution in [2.24, 2.45) is 23.2 Å². The Labute approximate surface area is 160 Å². The largest absolute Gasteiger partial charge is 0.378 e. The molecule has 2 atom stereocenters. The summed E-state index contributed by atoms with van der Waals surface area (Å²) in [5.41, 5.74) is 0.726. The van der Waals surface area contributed by atoms with Gasteiger partial charge in [0, 0.05) is 6.54 Å². The van der Waals surface area contributed by atoms with Crippen LogP contribution in [0, 0.1) is 23.2 Å². The molecule has 26 heavy (non-hydrogen) atoms. The van der Waals surface area contributed by atoms with E-state index in [0.717, 1.165) is 44.1 Å². The van der Waals surface area contributed by atoms with E-state index in [1.807, 2.05) is 0 Å². The van der Waals surface area contributed by atoms with Crippen LogP contribution in [0.5, 0.6) is 0 Å². The molecule has 4 heteroatoms. The van der Waals surface area contributed by atoms with Crippen molar-refractivity contribution in [1.29, 1.82) is 0 Å². The van der Waals surface area contributed by atoms with Gasteiger partial charge in [-0.1, -0.05) is 20.8 Å². The van der Waals surface area contributed by atoms with Crippen LogP contribution in [0.4, 0.5) is 0 Å². The van der Waals surface area contributed by atoms with Crippen LogP contribution < -0.4 is 0 Å². The van der Waals surface area contributed by atoms with Crippen LogP contribution in [-0.2, 0) is 14.2 Å². The van der Waals surface area contributed by atoms with Crippen LogP contribution in [0.15, 0.2) is 0 Å². The molecular weight excluding hydrogens is 326 g/mol. The van der Waals surface area contributed by atoms with Gasteiger partial charge in [0.05, 0.1) is 38.6 Å². The van der Waals surface area contributed by atoms with Crippen molar-refractivity contribution in [2.75, 3.05) is 53.2 Å². The minimum atomic E-state index is 0.166. The average molecular weight is 368 g/mol. The van der Waals surface area contributed by atoms with Crippen molar-refractivity contribution >= 4 is 0 Å². The van der Waals surface area contributed by atoms with Gasteiger partial charge in [-0.05, 0) is 75.3 Å². The van der Waals surface area contributed by atoms with E-state index < -0.39 is 0 Å². The van der Waals surface area contributed by atoms with Crippen molar-refractivity contribution in [3.8, 4) is 0 Å². The molecule has 4 aliphatic rings. The molecule has 4 saturated carbocycles. The predicted molar refractivity (Wildman–Crippen MR) is 105 cm³/mol. The molecule has 0 aromatic rings. The Hall–Kier alpha value is -0.160. The van der Waals surface area contributed by atoms with Crippen molar-refractivity contribution in [1.82, 2.24) is 4.90 Å². The maximum absolute atomic E-state index is 6.52. The third-order valence-electron chi connectivity index (χ3n) is 7.44. The number of rotatable bonds is 12. The molecule has 0 amide bonds. The zero-order valence-corrected chi connectivity index (χ0v) is 17.6. The lowest BCUT2D eigenvalue weighted by Gasteiger charge is -2.63. The van der Waals surface area contributed by atoms with Crippen LogP contribution in [0.3, 0.4) is 0 Å². The Balaban J connectivity index is 1.32. The summed E-state index contributed by atoms with van der Waals surface area (Å²) < 4.78 is 17.9. The lowest BCUT2D eigenvalue weighted by Crippen LogP contribution is -2.58. The standard InChI is InChI=1S/C22H41NO3/c1-5-23(4)6-7-24-8-9-25-10-11-26-22-15-19-12-20(16-22)14-21(13-19,17-22)18(2)3/h18-20H,5-17H2,1-4H3. The zero-order chi connectivity index (χ0) is 18.6. The first-order valence-electron chi connectivity index (χ1n) is 10.9. The van der Waals surface area contributed by atoms with E-state index in [0.29, 0.717) is 25.2 Å². The Morgan fingerprint density at radius 2 is 1.54 bits per heavy atom. The average Bonchev–Trinajstić information content (AvgIpc) is 2.58. The molecule has 4 nitrogen and oxygen atoms in total. The Morgan fingerprint density at radius 1 is 0.923 bits per heavy atom. The predicted octanol–water partition coefficient (Wildman–Crippen LogP) is 3.98. The summed E-state index contributed by atoms with van der Waals surface area (Å²) >= 11 is 0. The fourth-order valence-electron chi connectivity index (χ4n) is 6.11. The monoisotopic (exact) mass is 367 g/mol. The van der Waals surface area contributed by atoms with Gasteiger partial charge in [0.1, 0.15) is 0 Å². The quantitative estimate of drug-likeness (QED) is 0.488. The number of ether oxygens (including phenoxy) is 3. The van der Waals surface area contributed by atoms with Crippen molar-refractivity contribution in [2.45, 2.75) is 64.9 Å². The molecule has 0 aromatic carbocycles. The lowest BCUT2D eigenvalue weighted by atomic mass is 9.45. The van der Waals surface area contributed by atoms with Crippen molar-refractivity contribution in [3.05, 3.63) is 0 Å². The molecule has 0 N–H and O–H groups in total. The van der Waals surface area contributed by atoms with E-state index in [1.165, 1.54) is 38.5 Å². The topological polar surface area (TPSA) is 30.9 Å². The molecule has 0 heterocycles. The molecule has 0 aromatic heterocycles. The minimum Gasteiger partial charge on any atom is -0.378 e. The van der Waals surface area contributed by atoms with Crippen LogP contribution >= 0.6 is 0 Å². The molecule has 2 unspecified atom stereocenters. The molecule has 4 fully saturated rings. The summed E-state index contributed by atoms with van der Waals surface area (Å²) in [6, 6.07) is 0. The molecule has 4 bridgehead atoms. The normalized spacial score (nSPS) is 35.8. The summed E-state index contributed by atoms with van der Waals surface area (Å²) in [4.78, 5) is 2.25. The zero-order valence-electron chi connectivity index (χ0n) is 17.6. The first-order chi connectivity index (χ1) is 12.5. The highest BCUT2D eigenvalue weighted by molar-refractivity contribution is 5.10. The first-order valence-corrected chi connectivity index (χ1v) is 10.9. The van der Waals surface area contributed by atoms with Gasteiger partial charge in [0.15, 0.2) is 0 Å². The van der Waals surface area contributed by atoms with Gasteiger partial charge in [-0.3, -0.25) is 0 Å². The van der Waals surface area contributed by atoms with Gasteiger partial charge in [-0.25, -0.2) is 0 Å². The second-order valence-electron chi connectivity index (χ2n) is 9.63. The van der Waals surface area contributed by atoms with E-state index in [-0.39, 0.29) is 5.60 Å². The van der Waals surface area contributed by atoms with E-state index in [2.05, 4.69) is 32.7 Å². The van der Waals surface area contributed by atoms with Crippen molar-refractivity contribution in [3.63, 3.8) is 0 Å². The molecular formula is C22H41NO3. The third kappa shape index (κ3) is 4.81. The van der Waals surface area contributed by atoms with E-state index in [9.17, 15) is 0 Å². The summed E-state index contributed by atoms with van der Waals surface area (Å²) in [6.07, 6.45) is 8.25. The van der Waals surface area contributed by atoms with E-state index >= 15 is 0 Å². The maximum Gasteiger partial charge on any atom is 0.0708 e. The van der Waals surface area contributed by atoms with Gasteiger partial charge >= 0.3 is 0 Å². The SMILES string of the molecule is CCN(C)CCOCCOCCOC12CC3CC(C1)CC(C(C)C)(C3)C2. The minimum absolute atomic E-state index is 0.166. The lowest BCUT2D eigenvalue weighted by molar-refractivity contribution is -0.208. The summed E-state index contributed by atoms with van der Waals surface area (Å²) in [5.74, 6) is 2.61. The van der Waals surface area contributed by atoms with E-state index in [1.54, 1.807) is 0 Å². The van der Waals surface area contributed by atoms with Crippen LogP contribution in [-0.4, -0.2) is 63.7 Å². The summed E-state index contributed by atoms with van der Waals surface area (Å²) in [5, 5.41) is 0. The van der Waals surface area contributed by atoms with Gasteiger partial charge in [0.2, 0.25) is 0 Å². The number of hydrogen-bond donors (Lipinski definition) is 0. The molecule has 152 valence electrons. The highest BCUT2D eigenvalue weighted by Crippen LogP contribution is 2.65. The van der Waals surface area contributed by atoms with Gasteiger partial charge in [-0.15, -0.1) is 0 Å². The van der Waals surface area contributed by atoms with Gasteiger partial charge in [-0.2, -0.15) is 0 Å². The Kier molecular flexibility index (Phi) is 7.04. The third-order valence-corrected chi connectivity index (χ3v) is 7.44. The summed E-state index contributed by atoms with van der Waals surface area (Å²) in [7, 11) is 2.12. The highest BCUT2D eigenvalue weighted by Gasteiger charge is 2.59. The van der Waals surface area contributed by atoms with Crippen LogP contribution in [0.25, 0.3) is 0 Å². The van der Waals surface area contributed by atoms with Crippen LogP contribution in [0.2, 0.25) is 0 Å². The number of hydrogen-bond acceptors (Lipinski definition) is 4. The highest BCUT2D eigenvalue weighted by atomic mass is 16.5. The fraction of sp³-hybridized carbons (Fsp3) is 1.00. The van der Waals surface area contributed by atoms with Crippen LogP contribution in [0.1, 0.15) is 59.3 Å².